The van der Waals surface area contributed by atoms with E-state index in [4.69, 9.17) is 9.47 Å². The van der Waals surface area contributed by atoms with Gasteiger partial charge in [0.25, 0.3) is 5.91 Å². The summed E-state index contributed by atoms with van der Waals surface area (Å²) in [5.41, 5.74) is -0.560. The lowest BCUT2D eigenvalue weighted by atomic mass is 9.80. The Hall–Kier alpha value is -2.61. The normalized spacial score (nSPS) is 25.0. The predicted octanol–water partition coefficient (Wildman–Crippen LogP) is 1.14. The van der Waals surface area contributed by atoms with E-state index in [2.05, 4.69) is 0 Å². The maximum Gasteiger partial charge on any atom is 0.313 e. The molecule has 0 radical (unpaired) electrons. The third-order valence-electron chi connectivity index (χ3n) is 5.17. The lowest BCUT2D eigenvalue weighted by Gasteiger charge is -2.40. The topological polar surface area (TPSA) is 96.4 Å². The average Bonchev–Trinajstić information content (AvgIpc) is 2.65. The predicted molar refractivity (Wildman–Crippen MR) is 96.6 cm³/mol. The van der Waals surface area contributed by atoms with Crippen LogP contribution in [-0.2, 0) is 19.1 Å². The number of fused-ring (bicyclic) bond motifs is 1. The van der Waals surface area contributed by atoms with Gasteiger partial charge in [-0.3, -0.25) is 19.3 Å². The van der Waals surface area contributed by atoms with Gasteiger partial charge in [-0.05, 0) is 31.9 Å². The molecule has 0 aromatic heterocycles. The third kappa shape index (κ3) is 3.62. The van der Waals surface area contributed by atoms with Crippen molar-refractivity contribution in [3.8, 4) is 5.75 Å². The zero-order valence-corrected chi connectivity index (χ0v) is 15.5. The van der Waals surface area contributed by atoms with Gasteiger partial charge in [0.15, 0.2) is 6.10 Å². The molecule has 0 spiro atoms. The number of anilines is 1. The minimum atomic E-state index is -1.11. The highest BCUT2D eigenvalue weighted by molar-refractivity contribution is 6.03. The van der Waals surface area contributed by atoms with E-state index in [0.717, 1.165) is 0 Å². The van der Waals surface area contributed by atoms with Crippen LogP contribution in [-0.4, -0.2) is 67.2 Å². The number of benzene rings is 1. The molecule has 0 bridgehead atoms. The second-order valence-electron chi connectivity index (χ2n) is 7.09. The number of rotatable bonds is 5. The Balaban J connectivity index is 1.79. The number of methoxy groups -OCH3 is 1. The van der Waals surface area contributed by atoms with Gasteiger partial charge in [0.05, 0.1) is 12.3 Å². The second-order valence-corrected chi connectivity index (χ2v) is 7.09. The van der Waals surface area contributed by atoms with E-state index >= 15 is 0 Å². The molecule has 2 unspecified atom stereocenters. The number of ether oxygens (including phenoxy) is 2. The molecule has 0 saturated carbocycles. The molecule has 1 aromatic rings. The summed E-state index contributed by atoms with van der Waals surface area (Å²) in [7, 11) is 1.45. The molecule has 0 aliphatic carbocycles. The molecular formula is C19H24N2O6. The Bertz CT molecular complexity index is 747. The monoisotopic (exact) mass is 376 g/mol. The number of carbonyl (C=O) groups excluding carboxylic acids is 2. The van der Waals surface area contributed by atoms with Crippen LogP contribution in [0.15, 0.2) is 24.3 Å². The van der Waals surface area contributed by atoms with Gasteiger partial charge in [-0.2, -0.15) is 0 Å². The van der Waals surface area contributed by atoms with Gasteiger partial charge in [-0.1, -0.05) is 12.1 Å². The molecule has 1 saturated heterocycles. The zero-order chi connectivity index (χ0) is 19.6. The van der Waals surface area contributed by atoms with Gasteiger partial charge in [-0.25, -0.2) is 0 Å². The molecule has 2 aliphatic rings. The Morgan fingerprint density at radius 2 is 2.11 bits per heavy atom. The van der Waals surface area contributed by atoms with Gasteiger partial charge in [0.1, 0.15) is 17.7 Å². The maximum atomic E-state index is 12.9. The number of amides is 2. The number of para-hydroxylation sites is 2. The number of hydrogen-bond acceptors (Lipinski definition) is 5. The fourth-order valence-electron chi connectivity index (χ4n) is 3.73. The molecule has 2 aliphatic heterocycles. The number of carboxylic acids is 1. The molecular weight excluding hydrogens is 352 g/mol. The number of likely N-dealkylation sites (tertiary alicyclic amines) is 1. The van der Waals surface area contributed by atoms with Crippen molar-refractivity contribution < 1.29 is 29.0 Å². The molecule has 8 nitrogen and oxygen atoms in total. The van der Waals surface area contributed by atoms with E-state index in [0.29, 0.717) is 30.8 Å². The van der Waals surface area contributed by atoms with Gasteiger partial charge < -0.3 is 19.5 Å². The molecule has 2 heterocycles. The van der Waals surface area contributed by atoms with Crippen molar-refractivity contribution >= 4 is 23.5 Å². The highest BCUT2D eigenvalue weighted by Crippen LogP contribution is 2.34. The first kappa shape index (κ1) is 19.2. The Morgan fingerprint density at radius 3 is 2.81 bits per heavy atom. The molecule has 1 aromatic carbocycles. The molecule has 27 heavy (non-hydrogen) atoms. The van der Waals surface area contributed by atoms with Crippen molar-refractivity contribution in [2.75, 3.05) is 38.3 Å². The quantitative estimate of drug-likeness (QED) is 0.828. The summed E-state index contributed by atoms with van der Waals surface area (Å²) in [5.74, 6) is -0.993. The lowest BCUT2D eigenvalue weighted by Crippen LogP contribution is -2.55. The number of piperidine rings is 1. The number of carboxylic acid groups (broad SMARTS) is 1. The Morgan fingerprint density at radius 1 is 1.37 bits per heavy atom. The molecule has 3 rings (SSSR count). The minimum absolute atomic E-state index is 0.0441. The summed E-state index contributed by atoms with van der Waals surface area (Å²) in [6, 6.07) is 7.07. The van der Waals surface area contributed by atoms with Crippen LogP contribution in [0.5, 0.6) is 5.75 Å². The Kier molecular flexibility index (Phi) is 5.36. The fraction of sp³-hybridized carbons (Fsp3) is 0.526. The van der Waals surface area contributed by atoms with Crippen LogP contribution in [0, 0.1) is 5.41 Å². The van der Waals surface area contributed by atoms with E-state index in [1.807, 2.05) is 0 Å². The first-order valence-electron chi connectivity index (χ1n) is 8.95. The molecule has 1 N–H and O–H groups in total. The van der Waals surface area contributed by atoms with Crippen molar-refractivity contribution in [1.29, 1.82) is 0 Å². The fourth-order valence-corrected chi connectivity index (χ4v) is 3.73. The van der Waals surface area contributed by atoms with Gasteiger partial charge in [0.2, 0.25) is 5.91 Å². The van der Waals surface area contributed by atoms with E-state index in [-0.39, 0.29) is 31.5 Å². The van der Waals surface area contributed by atoms with Crippen molar-refractivity contribution in [2.45, 2.75) is 25.9 Å². The van der Waals surface area contributed by atoms with Gasteiger partial charge in [0, 0.05) is 20.2 Å². The van der Waals surface area contributed by atoms with E-state index in [9.17, 15) is 19.5 Å². The molecule has 146 valence electrons. The van der Waals surface area contributed by atoms with Crippen LogP contribution in [0.1, 0.15) is 19.8 Å². The molecule has 8 heteroatoms. The lowest BCUT2D eigenvalue weighted by molar-refractivity contribution is -0.159. The number of nitrogens with zero attached hydrogens (tertiary/aromatic N) is 2. The number of aliphatic carboxylic acids is 1. The first-order valence-corrected chi connectivity index (χ1v) is 8.95. The minimum Gasteiger partial charge on any atom is -0.481 e. The summed E-state index contributed by atoms with van der Waals surface area (Å²) in [4.78, 5) is 40.2. The van der Waals surface area contributed by atoms with Crippen molar-refractivity contribution in [3.05, 3.63) is 24.3 Å². The summed E-state index contributed by atoms with van der Waals surface area (Å²) in [6.45, 7) is 2.08. The van der Waals surface area contributed by atoms with Crippen molar-refractivity contribution in [3.63, 3.8) is 0 Å². The van der Waals surface area contributed by atoms with Crippen LogP contribution < -0.4 is 9.64 Å². The molecule has 1 fully saturated rings. The molecule has 2 atom stereocenters. The van der Waals surface area contributed by atoms with Gasteiger partial charge >= 0.3 is 5.97 Å². The first-order chi connectivity index (χ1) is 12.9. The number of hydrogen-bond donors (Lipinski definition) is 1. The van der Waals surface area contributed by atoms with Crippen LogP contribution in [0.3, 0.4) is 0 Å². The van der Waals surface area contributed by atoms with Gasteiger partial charge in [-0.15, -0.1) is 0 Å². The van der Waals surface area contributed by atoms with Crippen LogP contribution in [0.4, 0.5) is 5.69 Å². The second kappa shape index (κ2) is 7.56. The van der Waals surface area contributed by atoms with Crippen LogP contribution in [0.25, 0.3) is 0 Å². The number of carbonyl (C=O) groups is 3. The van der Waals surface area contributed by atoms with E-state index in [1.165, 1.54) is 16.9 Å². The highest BCUT2D eigenvalue weighted by atomic mass is 16.5. The maximum absolute atomic E-state index is 12.9. The summed E-state index contributed by atoms with van der Waals surface area (Å²) >= 11 is 0. The molecule has 2 amide bonds. The van der Waals surface area contributed by atoms with Crippen molar-refractivity contribution in [2.24, 2.45) is 5.41 Å². The van der Waals surface area contributed by atoms with Crippen LogP contribution in [0.2, 0.25) is 0 Å². The average molecular weight is 376 g/mol. The van der Waals surface area contributed by atoms with Crippen molar-refractivity contribution in [1.82, 2.24) is 4.90 Å². The SMILES string of the molecule is COCC1(C(=O)O)CCCN(C(=O)CN2C(=O)C(C)Oc3ccccc32)C1. The highest BCUT2D eigenvalue weighted by Gasteiger charge is 2.44. The van der Waals surface area contributed by atoms with E-state index in [1.54, 1.807) is 31.2 Å². The standard InChI is InChI=1S/C19H24N2O6/c1-13-17(23)21(14-6-3-4-7-15(14)27-13)10-16(22)20-9-5-8-19(11-20,12-26-2)18(24)25/h3-4,6-7,13H,5,8-12H2,1-2H3,(H,24,25). The third-order valence-corrected chi connectivity index (χ3v) is 5.17. The summed E-state index contributed by atoms with van der Waals surface area (Å²) < 4.78 is 10.7. The largest absolute Gasteiger partial charge is 0.481 e. The summed E-state index contributed by atoms with van der Waals surface area (Å²) in [5, 5.41) is 9.65. The van der Waals surface area contributed by atoms with E-state index < -0.39 is 17.5 Å². The zero-order valence-electron chi connectivity index (χ0n) is 15.5. The summed E-state index contributed by atoms with van der Waals surface area (Å²) in [6.07, 6.45) is 0.350. The Labute approximate surface area is 157 Å². The van der Waals surface area contributed by atoms with Crippen LogP contribution >= 0.6 is 0 Å². The smallest absolute Gasteiger partial charge is 0.313 e.